The molecule has 1 aromatic carbocycles. The molecule has 106 valence electrons. The fourth-order valence-electron chi connectivity index (χ4n) is 1.58. The number of carbonyl (C=O) groups is 1. The first-order valence-corrected chi connectivity index (χ1v) is 5.13. The van der Waals surface area contributed by atoms with Crippen molar-refractivity contribution in [3.05, 3.63) is 23.8 Å². The molecule has 0 amide bonds. The monoisotopic (exact) mass is 295 g/mol. The zero-order chi connectivity index (χ0) is 13.3. The SMILES string of the molecule is COC(=O)C[C@@H](N)c1ccc2c(c1)OC(F)(F)O2.Cl. The van der Waals surface area contributed by atoms with Crippen molar-refractivity contribution < 1.29 is 27.8 Å². The lowest BCUT2D eigenvalue weighted by Gasteiger charge is -2.10. The van der Waals surface area contributed by atoms with E-state index >= 15 is 0 Å². The van der Waals surface area contributed by atoms with Gasteiger partial charge in [-0.05, 0) is 17.7 Å². The number of nitrogens with two attached hydrogens (primary N) is 1. The van der Waals surface area contributed by atoms with E-state index in [9.17, 15) is 13.6 Å². The number of methoxy groups -OCH3 is 1. The highest BCUT2D eigenvalue weighted by atomic mass is 35.5. The Balaban J connectivity index is 0.00000180. The molecule has 1 aromatic rings. The molecule has 0 saturated heterocycles. The lowest BCUT2D eigenvalue weighted by molar-refractivity contribution is -0.286. The molecule has 0 radical (unpaired) electrons. The summed E-state index contributed by atoms with van der Waals surface area (Å²) in [7, 11) is 1.25. The Bertz CT molecular complexity index is 484. The van der Waals surface area contributed by atoms with Gasteiger partial charge in [0.2, 0.25) is 0 Å². The standard InChI is InChI=1S/C11H11F2NO4.ClH/c1-16-10(15)5-7(14)6-2-3-8-9(4-6)18-11(12,13)17-8;/h2-4,7H,5,14H2,1H3;1H/t7-;/m1./s1. The van der Waals surface area contributed by atoms with Crippen LogP contribution < -0.4 is 15.2 Å². The topological polar surface area (TPSA) is 70.8 Å². The lowest BCUT2D eigenvalue weighted by Crippen LogP contribution is -2.25. The molecule has 1 aliphatic heterocycles. The molecule has 1 atom stereocenters. The van der Waals surface area contributed by atoms with Crippen molar-refractivity contribution >= 4 is 18.4 Å². The second-order valence-corrected chi connectivity index (χ2v) is 3.76. The van der Waals surface area contributed by atoms with Gasteiger partial charge in [0.15, 0.2) is 11.5 Å². The molecule has 19 heavy (non-hydrogen) atoms. The van der Waals surface area contributed by atoms with Crippen LogP contribution in [0.3, 0.4) is 0 Å². The number of rotatable bonds is 3. The molecule has 2 N–H and O–H groups in total. The Kier molecular flexibility index (Phi) is 4.54. The summed E-state index contributed by atoms with van der Waals surface area (Å²) in [4.78, 5) is 11.1. The van der Waals surface area contributed by atoms with Crippen LogP contribution in [0.5, 0.6) is 11.5 Å². The van der Waals surface area contributed by atoms with E-state index in [0.29, 0.717) is 5.56 Å². The van der Waals surface area contributed by atoms with Gasteiger partial charge < -0.3 is 19.9 Å². The minimum absolute atomic E-state index is 0. The summed E-state index contributed by atoms with van der Waals surface area (Å²) in [5.41, 5.74) is 6.23. The quantitative estimate of drug-likeness (QED) is 0.864. The molecular weight excluding hydrogens is 284 g/mol. The molecule has 0 fully saturated rings. The van der Waals surface area contributed by atoms with Crippen LogP contribution in [-0.2, 0) is 9.53 Å². The fourth-order valence-corrected chi connectivity index (χ4v) is 1.58. The van der Waals surface area contributed by atoms with E-state index < -0.39 is 18.3 Å². The molecule has 0 unspecified atom stereocenters. The van der Waals surface area contributed by atoms with Gasteiger partial charge in [-0.2, -0.15) is 0 Å². The maximum atomic E-state index is 12.8. The molecule has 1 aliphatic rings. The molecular formula is C11H12ClF2NO4. The molecule has 5 nitrogen and oxygen atoms in total. The van der Waals surface area contributed by atoms with E-state index in [2.05, 4.69) is 14.2 Å². The maximum Gasteiger partial charge on any atom is 0.586 e. The highest BCUT2D eigenvalue weighted by molar-refractivity contribution is 5.85. The molecule has 2 rings (SSSR count). The van der Waals surface area contributed by atoms with Crippen LogP contribution in [-0.4, -0.2) is 19.4 Å². The fraction of sp³-hybridized carbons (Fsp3) is 0.364. The van der Waals surface area contributed by atoms with Crippen molar-refractivity contribution in [1.82, 2.24) is 0 Å². The minimum Gasteiger partial charge on any atom is -0.469 e. The first-order chi connectivity index (χ1) is 8.41. The Labute approximate surface area is 114 Å². The number of esters is 1. The second kappa shape index (κ2) is 5.58. The Morgan fingerprint density at radius 1 is 1.42 bits per heavy atom. The van der Waals surface area contributed by atoms with Crippen LogP contribution in [0.15, 0.2) is 18.2 Å². The predicted molar refractivity (Wildman–Crippen MR) is 63.5 cm³/mol. The summed E-state index contributed by atoms with van der Waals surface area (Å²) in [6, 6.07) is 3.49. The van der Waals surface area contributed by atoms with E-state index in [0.717, 1.165) is 0 Å². The van der Waals surface area contributed by atoms with Crippen LogP contribution in [0.25, 0.3) is 0 Å². The van der Waals surface area contributed by atoms with E-state index in [1.807, 2.05) is 0 Å². The first-order valence-electron chi connectivity index (χ1n) is 5.13. The molecule has 1 heterocycles. The summed E-state index contributed by atoms with van der Waals surface area (Å²) < 4.78 is 38.6. The summed E-state index contributed by atoms with van der Waals surface area (Å²) >= 11 is 0. The van der Waals surface area contributed by atoms with Gasteiger partial charge in [0, 0.05) is 6.04 Å². The van der Waals surface area contributed by atoms with Crippen LogP contribution >= 0.6 is 12.4 Å². The minimum atomic E-state index is -3.66. The molecule has 0 spiro atoms. The van der Waals surface area contributed by atoms with Crippen molar-refractivity contribution in [2.24, 2.45) is 5.73 Å². The Morgan fingerprint density at radius 3 is 2.68 bits per heavy atom. The smallest absolute Gasteiger partial charge is 0.469 e. The van der Waals surface area contributed by atoms with Gasteiger partial charge in [-0.3, -0.25) is 4.79 Å². The Hall–Kier alpha value is -1.60. The summed E-state index contributed by atoms with van der Waals surface area (Å²) in [6.07, 6.45) is -3.71. The third-order valence-electron chi connectivity index (χ3n) is 2.47. The summed E-state index contributed by atoms with van der Waals surface area (Å²) in [5, 5.41) is 0. The van der Waals surface area contributed by atoms with Crippen molar-refractivity contribution in [3.63, 3.8) is 0 Å². The number of benzene rings is 1. The number of halogens is 3. The maximum absolute atomic E-state index is 12.8. The highest BCUT2D eigenvalue weighted by Crippen LogP contribution is 2.42. The van der Waals surface area contributed by atoms with Gasteiger partial charge in [0.1, 0.15) is 0 Å². The van der Waals surface area contributed by atoms with E-state index in [-0.39, 0.29) is 30.3 Å². The number of hydrogen-bond acceptors (Lipinski definition) is 5. The van der Waals surface area contributed by atoms with Gasteiger partial charge >= 0.3 is 12.3 Å². The summed E-state index contributed by atoms with van der Waals surface area (Å²) in [5.74, 6) is -0.641. The zero-order valence-electron chi connectivity index (χ0n) is 9.89. The van der Waals surface area contributed by atoms with Crippen LogP contribution in [0.2, 0.25) is 0 Å². The zero-order valence-corrected chi connectivity index (χ0v) is 10.7. The van der Waals surface area contributed by atoms with Crippen molar-refractivity contribution in [1.29, 1.82) is 0 Å². The van der Waals surface area contributed by atoms with Gasteiger partial charge in [0.25, 0.3) is 0 Å². The Morgan fingerprint density at radius 2 is 2.05 bits per heavy atom. The number of fused-ring (bicyclic) bond motifs is 1. The number of alkyl halides is 2. The van der Waals surface area contributed by atoms with Crippen LogP contribution in [0, 0.1) is 0 Å². The van der Waals surface area contributed by atoms with Crippen LogP contribution in [0.1, 0.15) is 18.0 Å². The van der Waals surface area contributed by atoms with E-state index in [1.54, 1.807) is 0 Å². The lowest BCUT2D eigenvalue weighted by atomic mass is 10.0. The van der Waals surface area contributed by atoms with Crippen molar-refractivity contribution in [3.8, 4) is 11.5 Å². The van der Waals surface area contributed by atoms with Crippen LogP contribution in [0.4, 0.5) is 8.78 Å². The number of ether oxygens (including phenoxy) is 3. The normalized spacial score (nSPS) is 16.4. The van der Waals surface area contributed by atoms with Gasteiger partial charge in [-0.1, -0.05) is 6.07 Å². The van der Waals surface area contributed by atoms with Gasteiger partial charge in [-0.15, -0.1) is 21.2 Å². The molecule has 0 bridgehead atoms. The summed E-state index contributed by atoms with van der Waals surface area (Å²) in [6.45, 7) is 0. The third kappa shape index (κ3) is 3.45. The molecule has 0 aromatic heterocycles. The number of hydrogen-bond donors (Lipinski definition) is 1. The number of carbonyl (C=O) groups excluding carboxylic acids is 1. The third-order valence-corrected chi connectivity index (χ3v) is 2.47. The first kappa shape index (κ1) is 15.5. The average molecular weight is 296 g/mol. The predicted octanol–water partition coefficient (Wildman–Crippen LogP) is 1.99. The molecule has 0 aliphatic carbocycles. The van der Waals surface area contributed by atoms with Crippen molar-refractivity contribution in [2.45, 2.75) is 18.8 Å². The second-order valence-electron chi connectivity index (χ2n) is 3.76. The van der Waals surface area contributed by atoms with E-state index in [1.165, 1.54) is 25.3 Å². The molecule has 8 heteroatoms. The van der Waals surface area contributed by atoms with Crippen molar-refractivity contribution in [2.75, 3.05) is 7.11 Å². The van der Waals surface area contributed by atoms with Gasteiger partial charge in [-0.25, -0.2) is 0 Å². The highest BCUT2D eigenvalue weighted by Gasteiger charge is 2.43. The largest absolute Gasteiger partial charge is 0.586 e. The molecule has 0 saturated carbocycles. The van der Waals surface area contributed by atoms with Gasteiger partial charge in [0.05, 0.1) is 13.5 Å². The average Bonchev–Trinajstić information content (AvgIpc) is 2.61. The van der Waals surface area contributed by atoms with E-state index in [4.69, 9.17) is 5.73 Å².